The first-order chi connectivity index (χ1) is 11.8. The number of amides is 2. The van der Waals surface area contributed by atoms with Crippen molar-refractivity contribution in [2.75, 3.05) is 18.4 Å². The summed E-state index contributed by atoms with van der Waals surface area (Å²) < 4.78 is 5.46. The van der Waals surface area contributed by atoms with Crippen molar-refractivity contribution in [1.29, 1.82) is 5.26 Å². The topological polar surface area (TPSA) is 82.4 Å². The Hall–Kier alpha value is -2.55. The first-order valence-corrected chi connectivity index (χ1v) is 8.53. The molecule has 1 atom stereocenters. The Balaban J connectivity index is 1.98. The Kier molecular flexibility index (Phi) is 6.02. The Morgan fingerprint density at radius 2 is 2.00 bits per heavy atom. The van der Waals surface area contributed by atoms with Gasteiger partial charge in [-0.15, -0.1) is 0 Å². The van der Waals surface area contributed by atoms with Gasteiger partial charge in [-0.1, -0.05) is 12.1 Å². The van der Waals surface area contributed by atoms with Gasteiger partial charge in [0.05, 0.1) is 6.07 Å². The second-order valence-corrected chi connectivity index (χ2v) is 7.27. The summed E-state index contributed by atoms with van der Waals surface area (Å²) >= 11 is 0. The van der Waals surface area contributed by atoms with Crippen LogP contribution in [-0.4, -0.2) is 35.6 Å². The van der Waals surface area contributed by atoms with E-state index in [2.05, 4.69) is 5.32 Å². The second kappa shape index (κ2) is 8.02. The van der Waals surface area contributed by atoms with E-state index in [4.69, 9.17) is 10.00 Å². The molecule has 0 aromatic heterocycles. The number of nitriles is 1. The third kappa shape index (κ3) is 5.79. The lowest BCUT2D eigenvalue weighted by Crippen LogP contribution is -2.42. The van der Waals surface area contributed by atoms with Gasteiger partial charge in [-0.2, -0.15) is 5.26 Å². The van der Waals surface area contributed by atoms with Crippen LogP contribution in [0.5, 0.6) is 0 Å². The van der Waals surface area contributed by atoms with E-state index in [9.17, 15) is 9.59 Å². The molecule has 6 heteroatoms. The number of hydrogen-bond donors (Lipinski definition) is 1. The van der Waals surface area contributed by atoms with Crippen molar-refractivity contribution < 1.29 is 14.3 Å². The number of nitrogens with zero attached hydrogens (tertiary/aromatic N) is 2. The van der Waals surface area contributed by atoms with Crippen molar-refractivity contribution >= 4 is 17.7 Å². The molecule has 6 nitrogen and oxygen atoms in total. The normalized spacial score (nSPS) is 17.5. The Labute approximate surface area is 148 Å². The highest BCUT2D eigenvalue weighted by Gasteiger charge is 2.28. The highest BCUT2D eigenvalue weighted by Crippen LogP contribution is 2.28. The van der Waals surface area contributed by atoms with Gasteiger partial charge in [-0.05, 0) is 51.3 Å². The molecule has 1 aromatic rings. The molecular weight excluding hydrogens is 318 g/mol. The molecule has 1 unspecified atom stereocenters. The van der Waals surface area contributed by atoms with Gasteiger partial charge in [-0.3, -0.25) is 4.79 Å². The second-order valence-electron chi connectivity index (χ2n) is 7.27. The summed E-state index contributed by atoms with van der Waals surface area (Å²) in [7, 11) is 0. The standard InChI is InChI=1S/C19H25N3O3/c1-19(2,3)25-18(24)22-12-4-5-15(13-22)14-6-8-16(9-7-14)21-17(23)10-11-20/h6-9,15H,4-5,10,12-13H2,1-3H3,(H,21,23). The van der Waals surface area contributed by atoms with E-state index in [0.717, 1.165) is 18.4 Å². The maximum atomic E-state index is 12.3. The number of likely N-dealkylation sites (tertiary alicyclic amines) is 1. The average Bonchev–Trinajstić information content (AvgIpc) is 2.54. The summed E-state index contributed by atoms with van der Waals surface area (Å²) in [4.78, 5) is 25.5. The highest BCUT2D eigenvalue weighted by atomic mass is 16.6. The Bertz CT molecular complexity index is 656. The molecule has 134 valence electrons. The van der Waals surface area contributed by atoms with Crippen LogP contribution in [0.15, 0.2) is 24.3 Å². The molecule has 1 aliphatic heterocycles. The van der Waals surface area contributed by atoms with E-state index >= 15 is 0 Å². The monoisotopic (exact) mass is 343 g/mol. The molecule has 1 N–H and O–H groups in total. The minimum Gasteiger partial charge on any atom is -0.444 e. The minimum absolute atomic E-state index is 0.158. The minimum atomic E-state index is -0.493. The first kappa shape index (κ1) is 18.8. The zero-order chi connectivity index (χ0) is 18.4. The molecule has 1 aromatic carbocycles. The summed E-state index contributed by atoms with van der Waals surface area (Å²) in [5.41, 5.74) is 1.31. The van der Waals surface area contributed by atoms with Gasteiger partial charge in [-0.25, -0.2) is 4.79 Å². The first-order valence-electron chi connectivity index (χ1n) is 8.53. The number of hydrogen-bond acceptors (Lipinski definition) is 4. The van der Waals surface area contributed by atoms with Crippen molar-refractivity contribution in [3.05, 3.63) is 29.8 Å². The fourth-order valence-electron chi connectivity index (χ4n) is 2.86. The van der Waals surface area contributed by atoms with Gasteiger partial charge in [0.2, 0.25) is 5.91 Å². The van der Waals surface area contributed by atoms with Crippen LogP contribution < -0.4 is 5.32 Å². The number of nitrogens with one attached hydrogen (secondary N) is 1. The molecule has 1 heterocycles. The smallest absolute Gasteiger partial charge is 0.410 e. The van der Waals surface area contributed by atoms with E-state index in [1.54, 1.807) is 4.90 Å². The van der Waals surface area contributed by atoms with Crippen LogP contribution in [0.2, 0.25) is 0 Å². The SMILES string of the molecule is CC(C)(C)OC(=O)N1CCCC(c2ccc(NC(=O)CC#N)cc2)C1. The van der Waals surface area contributed by atoms with Crippen LogP contribution >= 0.6 is 0 Å². The summed E-state index contributed by atoms with van der Waals surface area (Å²) in [5, 5.41) is 11.2. The molecule has 2 amide bonds. The molecule has 0 saturated carbocycles. The van der Waals surface area contributed by atoms with Crippen molar-refractivity contribution in [2.24, 2.45) is 0 Å². The molecule has 0 spiro atoms. The van der Waals surface area contributed by atoms with E-state index in [1.807, 2.05) is 51.1 Å². The maximum Gasteiger partial charge on any atom is 0.410 e. The maximum absolute atomic E-state index is 12.3. The van der Waals surface area contributed by atoms with Crippen LogP contribution in [0, 0.1) is 11.3 Å². The number of carbonyl (C=O) groups excluding carboxylic acids is 2. The van der Waals surface area contributed by atoms with Crippen molar-refractivity contribution in [1.82, 2.24) is 4.90 Å². The molecule has 2 rings (SSSR count). The lowest BCUT2D eigenvalue weighted by Gasteiger charge is -2.34. The third-order valence-corrected chi connectivity index (χ3v) is 3.98. The number of rotatable bonds is 3. The van der Waals surface area contributed by atoms with E-state index in [1.165, 1.54) is 0 Å². The molecule has 1 aliphatic rings. The van der Waals surface area contributed by atoms with Crippen LogP contribution in [0.25, 0.3) is 0 Å². The Morgan fingerprint density at radius 1 is 1.32 bits per heavy atom. The van der Waals surface area contributed by atoms with Crippen LogP contribution in [-0.2, 0) is 9.53 Å². The summed E-state index contributed by atoms with van der Waals surface area (Å²) in [6.45, 7) is 6.95. The lowest BCUT2D eigenvalue weighted by atomic mass is 9.90. The molecule has 1 saturated heterocycles. The highest BCUT2D eigenvalue weighted by molar-refractivity contribution is 5.92. The predicted octanol–water partition coefficient (Wildman–Crippen LogP) is 3.65. The summed E-state index contributed by atoms with van der Waals surface area (Å²) in [6, 6.07) is 9.41. The zero-order valence-electron chi connectivity index (χ0n) is 15.0. The predicted molar refractivity (Wildman–Crippen MR) is 95.1 cm³/mol. The number of anilines is 1. The fourth-order valence-corrected chi connectivity index (χ4v) is 2.86. The van der Waals surface area contributed by atoms with Gasteiger partial charge in [0.15, 0.2) is 0 Å². The zero-order valence-corrected chi connectivity index (χ0v) is 15.0. The van der Waals surface area contributed by atoms with Crippen LogP contribution in [0.3, 0.4) is 0 Å². The number of ether oxygens (including phenoxy) is 1. The van der Waals surface area contributed by atoms with Gasteiger partial charge in [0.25, 0.3) is 0 Å². The van der Waals surface area contributed by atoms with Crippen molar-refractivity contribution in [3.63, 3.8) is 0 Å². The molecule has 0 aliphatic carbocycles. The van der Waals surface area contributed by atoms with Crippen molar-refractivity contribution in [3.8, 4) is 6.07 Å². The molecule has 1 fully saturated rings. The molecular formula is C19H25N3O3. The van der Waals surface area contributed by atoms with Gasteiger partial charge in [0, 0.05) is 24.7 Å². The summed E-state index contributed by atoms with van der Waals surface area (Å²) in [6.07, 6.45) is 1.52. The molecule has 25 heavy (non-hydrogen) atoms. The lowest BCUT2D eigenvalue weighted by molar-refractivity contribution is -0.115. The number of carbonyl (C=O) groups is 2. The third-order valence-electron chi connectivity index (χ3n) is 3.98. The molecule has 0 radical (unpaired) electrons. The van der Waals surface area contributed by atoms with E-state index in [0.29, 0.717) is 18.8 Å². The van der Waals surface area contributed by atoms with Gasteiger partial charge < -0.3 is 15.0 Å². The van der Waals surface area contributed by atoms with E-state index < -0.39 is 5.60 Å². The summed E-state index contributed by atoms with van der Waals surface area (Å²) in [5.74, 6) is -0.0610. The number of piperidine rings is 1. The largest absolute Gasteiger partial charge is 0.444 e. The Morgan fingerprint density at radius 3 is 2.60 bits per heavy atom. The fraction of sp³-hybridized carbons (Fsp3) is 0.526. The van der Waals surface area contributed by atoms with E-state index in [-0.39, 0.29) is 24.3 Å². The van der Waals surface area contributed by atoms with Crippen LogP contribution in [0.1, 0.15) is 51.5 Å². The van der Waals surface area contributed by atoms with Gasteiger partial charge >= 0.3 is 6.09 Å². The quantitative estimate of drug-likeness (QED) is 0.908. The average molecular weight is 343 g/mol. The van der Waals surface area contributed by atoms with Crippen LogP contribution in [0.4, 0.5) is 10.5 Å². The number of benzene rings is 1. The molecule has 0 bridgehead atoms. The van der Waals surface area contributed by atoms with Gasteiger partial charge in [0.1, 0.15) is 12.0 Å². The van der Waals surface area contributed by atoms with Crippen molar-refractivity contribution in [2.45, 2.75) is 51.6 Å².